The molecule has 0 aliphatic carbocycles. The van der Waals surface area contributed by atoms with Crippen LogP contribution in [0.2, 0.25) is 0 Å². The average Bonchev–Trinajstić information content (AvgIpc) is 2.38. The minimum Gasteiger partial charge on any atom is -0.494 e. The van der Waals surface area contributed by atoms with E-state index in [0.717, 1.165) is 11.3 Å². The maximum absolute atomic E-state index is 11.7. The molecule has 1 aromatic carbocycles. The van der Waals surface area contributed by atoms with Crippen LogP contribution in [-0.4, -0.2) is 32.4 Å². The Morgan fingerprint density at radius 3 is 2.79 bits per heavy atom. The maximum atomic E-state index is 11.7. The summed E-state index contributed by atoms with van der Waals surface area (Å²) in [5, 5.41) is 5.59. The number of amides is 2. The fourth-order valence-corrected chi connectivity index (χ4v) is 1.69. The summed E-state index contributed by atoms with van der Waals surface area (Å²) in [6.07, 6.45) is 0. The van der Waals surface area contributed by atoms with Gasteiger partial charge >= 0.3 is 6.03 Å². The summed E-state index contributed by atoms with van der Waals surface area (Å²) in [5.41, 5.74) is 0.957. The van der Waals surface area contributed by atoms with Crippen LogP contribution in [0.1, 0.15) is 19.4 Å². The molecule has 0 radical (unpaired) electrons. The molecule has 2 N–H and O–H groups in total. The van der Waals surface area contributed by atoms with Crippen LogP contribution in [0, 0.1) is 0 Å². The summed E-state index contributed by atoms with van der Waals surface area (Å²) >= 11 is 0. The third kappa shape index (κ3) is 5.61. The first-order valence-electron chi connectivity index (χ1n) is 6.41. The number of nitrogens with one attached hydrogen (secondary N) is 2. The molecule has 0 saturated carbocycles. The van der Waals surface area contributed by atoms with Gasteiger partial charge in [0, 0.05) is 19.2 Å². The SMILES string of the molecule is CCOc1ccccc1CNC(=O)NC(C)COC. The van der Waals surface area contributed by atoms with Crippen molar-refractivity contribution < 1.29 is 14.3 Å². The number of methoxy groups -OCH3 is 1. The van der Waals surface area contributed by atoms with Gasteiger partial charge in [0.2, 0.25) is 0 Å². The second kappa shape index (κ2) is 8.37. The monoisotopic (exact) mass is 266 g/mol. The number of rotatable bonds is 7. The van der Waals surface area contributed by atoms with Gasteiger partial charge in [-0.15, -0.1) is 0 Å². The fourth-order valence-electron chi connectivity index (χ4n) is 1.69. The first kappa shape index (κ1) is 15.3. The molecular weight excluding hydrogens is 244 g/mol. The summed E-state index contributed by atoms with van der Waals surface area (Å²) in [6, 6.07) is 7.43. The Kier molecular flexibility index (Phi) is 6.74. The molecular formula is C14H22N2O3. The Balaban J connectivity index is 2.45. The number of para-hydroxylation sites is 1. The maximum Gasteiger partial charge on any atom is 0.315 e. The van der Waals surface area contributed by atoms with Gasteiger partial charge < -0.3 is 20.1 Å². The quantitative estimate of drug-likeness (QED) is 0.792. The van der Waals surface area contributed by atoms with Crippen molar-refractivity contribution in [1.82, 2.24) is 10.6 Å². The zero-order valence-corrected chi connectivity index (χ0v) is 11.7. The molecule has 5 nitrogen and oxygen atoms in total. The third-order valence-electron chi connectivity index (χ3n) is 2.51. The summed E-state index contributed by atoms with van der Waals surface area (Å²) in [5.74, 6) is 0.801. The van der Waals surface area contributed by atoms with Gasteiger partial charge in [-0.1, -0.05) is 18.2 Å². The number of carbonyl (C=O) groups is 1. The Hall–Kier alpha value is -1.75. The highest BCUT2D eigenvalue weighted by atomic mass is 16.5. The smallest absolute Gasteiger partial charge is 0.315 e. The Labute approximate surface area is 114 Å². The molecule has 5 heteroatoms. The van der Waals surface area contributed by atoms with E-state index in [4.69, 9.17) is 9.47 Å². The first-order valence-corrected chi connectivity index (χ1v) is 6.41. The molecule has 0 heterocycles. The number of hydrogen-bond donors (Lipinski definition) is 2. The largest absolute Gasteiger partial charge is 0.494 e. The van der Waals surface area contributed by atoms with E-state index in [1.165, 1.54) is 0 Å². The molecule has 0 aliphatic rings. The number of carbonyl (C=O) groups excluding carboxylic acids is 1. The van der Waals surface area contributed by atoms with Gasteiger partial charge in [-0.05, 0) is 19.9 Å². The molecule has 1 rings (SSSR count). The zero-order chi connectivity index (χ0) is 14.1. The van der Waals surface area contributed by atoms with E-state index >= 15 is 0 Å². The highest BCUT2D eigenvalue weighted by Gasteiger charge is 2.08. The minimum absolute atomic E-state index is 0.0212. The predicted molar refractivity (Wildman–Crippen MR) is 74.3 cm³/mol. The fraction of sp³-hybridized carbons (Fsp3) is 0.500. The first-order chi connectivity index (χ1) is 9.17. The topological polar surface area (TPSA) is 59.6 Å². The molecule has 0 fully saturated rings. The van der Waals surface area contributed by atoms with Crippen LogP contribution in [0.5, 0.6) is 5.75 Å². The molecule has 0 spiro atoms. The molecule has 1 aromatic rings. The lowest BCUT2D eigenvalue weighted by Gasteiger charge is -2.15. The van der Waals surface area contributed by atoms with E-state index in [0.29, 0.717) is 19.8 Å². The van der Waals surface area contributed by atoms with E-state index in [1.807, 2.05) is 38.1 Å². The van der Waals surface area contributed by atoms with Crippen LogP contribution in [0.4, 0.5) is 4.79 Å². The molecule has 0 saturated heterocycles. The molecule has 19 heavy (non-hydrogen) atoms. The van der Waals surface area contributed by atoms with Crippen molar-refractivity contribution in [2.75, 3.05) is 20.3 Å². The normalized spacial score (nSPS) is 11.7. The minimum atomic E-state index is -0.212. The van der Waals surface area contributed by atoms with Crippen molar-refractivity contribution in [2.24, 2.45) is 0 Å². The number of hydrogen-bond acceptors (Lipinski definition) is 3. The van der Waals surface area contributed by atoms with E-state index in [-0.39, 0.29) is 12.1 Å². The Bertz CT molecular complexity index is 396. The van der Waals surface area contributed by atoms with Crippen LogP contribution >= 0.6 is 0 Å². The lowest BCUT2D eigenvalue weighted by Crippen LogP contribution is -2.42. The highest BCUT2D eigenvalue weighted by molar-refractivity contribution is 5.74. The summed E-state index contributed by atoms with van der Waals surface area (Å²) in [7, 11) is 1.61. The molecule has 1 atom stereocenters. The number of ether oxygens (including phenoxy) is 2. The molecule has 0 aliphatic heterocycles. The van der Waals surface area contributed by atoms with E-state index in [1.54, 1.807) is 7.11 Å². The van der Waals surface area contributed by atoms with Gasteiger partial charge in [-0.25, -0.2) is 4.79 Å². The van der Waals surface area contributed by atoms with Crippen molar-refractivity contribution in [2.45, 2.75) is 26.4 Å². The van der Waals surface area contributed by atoms with Crippen molar-refractivity contribution in [1.29, 1.82) is 0 Å². The van der Waals surface area contributed by atoms with E-state index in [9.17, 15) is 4.79 Å². The van der Waals surface area contributed by atoms with Gasteiger partial charge in [0.1, 0.15) is 5.75 Å². The van der Waals surface area contributed by atoms with Gasteiger partial charge in [0.05, 0.1) is 19.3 Å². The Morgan fingerprint density at radius 1 is 1.37 bits per heavy atom. The third-order valence-corrected chi connectivity index (χ3v) is 2.51. The highest BCUT2D eigenvalue weighted by Crippen LogP contribution is 2.17. The van der Waals surface area contributed by atoms with Gasteiger partial charge in [-0.2, -0.15) is 0 Å². The van der Waals surface area contributed by atoms with Crippen LogP contribution in [-0.2, 0) is 11.3 Å². The van der Waals surface area contributed by atoms with Crippen molar-refractivity contribution in [3.8, 4) is 5.75 Å². The summed E-state index contributed by atoms with van der Waals surface area (Å²) < 4.78 is 10.5. The molecule has 0 aromatic heterocycles. The summed E-state index contributed by atoms with van der Waals surface area (Å²) in [4.78, 5) is 11.7. The standard InChI is InChI=1S/C14H22N2O3/c1-4-19-13-8-6-5-7-12(13)9-15-14(17)16-11(2)10-18-3/h5-8,11H,4,9-10H2,1-3H3,(H2,15,16,17). The van der Waals surface area contributed by atoms with Crippen molar-refractivity contribution in [3.05, 3.63) is 29.8 Å². The molecule has 0 bridgehead atoms. The van der Waals surface area contributed by atoms with Crippen LogP contribution in [0.3, 0.4) is 0 Å². The zero-order valence-electron chi connectivity index (χ0n) is 11.7. The van der Waals surface area contributed by atoms with Gasteiger partial charge in [0.15, 0.2) is 0 Å². The number of benzene rings is 1. The van der Waals surface area contributed by atoms with Crippen LogP contribution in [0.25, 0.3) is 0 Å². The van der Waals surface area contributed by atoms with Crippen molar-refractivity contribution >= 4 is 6.03 Å². The van der Waals surface area contributed by atoms with Gasteiger partial charge in [-0.3, -0.25) is 0 Å². The summed E-state index contributed by atoms with van der Waals surface area (Å²) in [6.45, 7) is 5.35. The molecule has 106 valence electrons. The average molecular weight is 266 g/mol. The van der Waals surface area contributed by atoms with Crippen LogP contribution < -0.4 is 15.4 Å². The second-order valence-corrected chi connectivity index (χ2v) is 4.22. The lowest BCUT2D eigenvalue weighted by molar-refractivity contribution is 0.171. The predicted octanol–water partition coefficient (Wildman–Crippen LogP) is 1.92. The molecule has 2 amide bonds. The number of urea groups is 1. The van der Waals surface area contributed by atoms with Crippen LogP contribution in [0.15, 0.2) is 24.3 Å². The molecule has 1 unspecified atom stereocenters. The van der Waals surface area contributed by atoms with Gasteiger partial charge in [0.25, 0.3) is 0 Å². The Morgan fingerprint density at radius 2 is 2.11 bits per heavy atom. The van der Waals surface area contributed by atoms with E-state index < -0.39 is 0 Å². The second-order valence-electron chi connectivity index (χ2n) is 4.22. The lowest BCUT2D eigenvalue weighted by atomic mass is 10.2. The van der Waals surface area contributed by atoms with E-state index in [2.05, 4.69) is 10.6 Å². The van der Waals surface area contributed by atoms with Crippen molar-refractivity contribution in [3.63, 3.8) is 0 Å².